The van der Waals surface area contributed by atoms with Crippen molar-refractivity contribution in [3.05, 3.63) is 0 Å². The van der Waals surface area contributed by atoms with E-state index in [0.29, 0.717) is 0 Å². The van der Waals surface area contributed by atoms with E-state index in [1.54, 1.807) is 0 Å². The minimum absolute atomic E-state index is 0.807. The first-order valence-corrected chi connectivity index (χ1v) is 8.45. The molecule has 0 aromatic rings. The Labute approximate surface area is 115 Å². The van der Waals surface area contributed by atoms with Crippen LogP contribution in [-0.2, 0) is 0 Å². The molecule has 1 fully saturated rings. The summed E-state index contributed by atoms with van der Waals surface area (Å²) in [5.41, 5.74) is 0. The molecule has 1 saturated carbocycles. The lowest BCUT2D eigenvalue weighted by molar-refractivity contribution is 0.206. The largest absolute Gasteiger partial charge is 0.317 e. The predicted molar refractivity (Wildman–Crippen MR) is 82.0 cm³/mol. The summed E-state index contributed by atoms with van der Waals surface area (Å²) in [6, 6.07) is 0.807. The van der Waals surface area contributed by atoms with Crippen LogP contribution in [0, 0.1) is 11.8 Å². The van der Waals surface area contributed by atoms with Crippen LogP contribution in [-0.4, -0.2) is 13.1 Å². The molecule has 0 aliphatic heterocycles. The van der Waals surface area contributed by atoms with E-state index in [-0.39, 0.29) is 0 Å². The van der Waals surface area contributed by atoms with Gasteiger partial charge in [-0.3, -0.25) is 0 Å². The third kappa shape index (κ3) is 6.22. The Bertz CT molecular complexity index is 190. The van der Waals surface area contributed by atoms with Crippen LogP contribution in [0.5, 0.6) is 0 Å². The van der Waals surface area contributed by atoms with Crippen molar-refractivity contribution in [2.75, 3.05) is 7.05 Å². The van der Waals surface area contributed by atoms with Gasteiger partial charge >= 0.3 is 0 Å². The summed E-state index contributed by atoms with van der Waals surface area (Å²) in [6.07, 6.45) is 15.9. The van der Waals surface area contributed by atoms with E-state index in [2.05, 4.69) is 26.2 Å². The van der Waals surface area contributed by atoms with Gasteiger partial charge in [-0.15, -0.1) is 0 Å². The highest BCUT2D eigenvalue weighted by Gasteiger charge is 2.26. The molecule has 1 N–H and O–H groups in total. The Morgan fingerprint density at radius 3 is 2.28 bits per heavy atom. The predicted octanol–water partition coefficient (Wildman–Crippen LogP) is 5.15. The van der Waals surface area contributed by atoms with Gasteiger partial charge in [0.2, 0.25) is 0 Å². The second kappa shape index (κ2) is 9.83. The van der Waals surface area contributed by atoms with Crippen molar-refractivity contribution in [2.24, 2.45) is 11.8 Å². The zero-order valence-electron chi connectivity index (χ0n) is 13.0. The molecule has 0 amide bonds. The number of hydrogen-bond donors (Lipinski definition) is 1. The number of rotatable bonds is 9. The van der Waals surface area contributed by atoms with Gasteiger partial charge in [-0.2, -0.15) is 0 Å². The van der Waals surface area contributed by atoms with Gasteiger partial charge < -0.3 is 5.32 Å². The monoisotopic (exact) mass is 253 g/mol. The third-order valence-electron chi connectivity index (χ3n) is 4.79. The molecule has 3 unspecified atom stereocenters. The van der Waals surface area contributed by atoms with Gasteiger partial charge in [0.15, 0.2) is 0 Å². The minimum Gasteiger partial charge on any atom is -0.317 e. The maximum Gasteiger partial charge on any atom is 0.00925 e. The van der Waals surface area contributed by atoms with Crippen LogP contribution in [0.25, 0.3) is 0 Å². The van der Waals surface area contributed by atoms with E-state index in [4.69, 9.17) is 0 Å². The molecule has 0 heterocycles. The molecule has 1 nitrogen and oxygen atoms in total. The van der Waals surface area contributed by atoms with Crippen LogP contribution in [0.3, 0.4) is 0 Å². The lowest BCUT2D eigenvalue weighted by Gasteiger charge is -2.35. The van der Waals surface area contributed by atoms with Gasteiger partial charge in [-0.05, 0) is 44.6 Å². The fourth-order valence-corrected chi connectivity index (χ4v) is 3.56. The van der Waals surface area contributed by atoms with E-state index < -0.39 is 0 Å². The number of hydrogen-bond acceptors (Lipinski definition) is 1. The normalized spacial score (nSPS) is 28.5. The topological polar surface area (TPSA) is 12.0 Å². The van der Waals surface area contributed by atoms with Crippen LogP contribution in [0.1, 0.15) is 84.5 Å². The molecule has 18 heavy (non-hydrogen) atoms. The van der Waals surface area contributed by atoms with Crippen LogP contribution >= 0.6 is 0 Å². The van der Waals surface area contributed by atoms with Crippen molar-refractivity contribution in [2.45, 2.75) is 90.5 Å². The molecule has 1 aliphatic rings. The van der Waals surface area contributed by atoms with Gasteiger partial charge in [0.25, 0.3) is 0 Å². The highest BCUT2D eigenvalue weighted by atomic mass is 14.9. The Balaban J connectivity index is 2.05. The van der Waals surface area contributed by atoms with Crippen molar-refractivity contribution in [3.63, 3.8) is 0 Å². The maximum absolute atomic E-state index is 3.54. The zero-order valence-corrected chi connectivity index (χ0v) is 13.0. The quantitative estimate of drug-likeness (QED) is 0.560. The van der Waals surface area contributed by atoms with Crippen molar-refractivity contribution in [3.8, 4) is 0 Å². The second-order valence-corrected chi connectivity index (χ2v) is 6.48. The SMILES string of the molecule is CCCCCCCCCC1CC(C)CCC1NC. The molecule has 0 aromatic heterocycles. The van der Waals surface area contributed by atoms with Crippen molar-refractivity contribution >= 4 is 0 Å². The van der Waals surface area contributed by atoms with Gasteiger partial charge in [-0.1, -0.05) is 58.8 Å². The molecule has 3 atom stereocenters. The van der Waals surface area contributed by atoms with Gasteiger partial charge in [-0.25, -0.2) is 0 Å². The maximum atomic E-state index is 3.54. The first-order valence-electron chi connectivity index (χ1n) is 8.45. The summed E-state index contributed by atoms with van der Waals surface area (Å²) in [5, 5.41) is 3.54. The van der Waals surface area contributed by atoms with E-state index in [1.807, 2.05) is 0 Å². The Kier molecular flexibility index (Phi) is 8.75. The summed E-state index contributed by atoms with van der Waals surface area (Å²) in [4.78, 5) is 0. The van der Waals surface area contributed by atoms with Crippen molar-refractivity contribution in [1.29, 1.82) is 0 Å². The first kappa shape index (κ1) is 16.0. The van der Waals surface area contributed by atoms with Gasteiger partial charge in [0.05, 0.1) is 0 Å². The fraction of sp³-hybridized carbons (Fsp3) is 1.00. The molecule has 0 radical (unpaired) electrons. The van der Waals surface area contributed by atoms with E-state index >= 15 is 0 Å². The zero-order chi connectivity index (χ0) is 13.2. The molecule has 0 saturated heterocycles. The molecule has 0 spiro atoms. The highest BCUT2D eigenvalue weighted by molar-refractivity contribution is 4.82. The van der Waals surface area contributed by atoms with Crippen LogP contribution in [0.15, 0.2) is 0 Å². The third-order valence-corrected chi connectivity index (χ3v) is 4.79. The Morgan fingerprint density at radius 1 is 0.944 bits per heavy atom. The van der Waals surface area contributed by atoms with E-state index in [0.717, 1.165) is 17.9 Å². The molecular formula is C17H35N. The lowest BCUT2D eigenvalue weighted by atomic mass is 9.76. The summed E-state index contributed by atoms with van der Waals surface area (Å²) < 4.78 is 0. The van der Waals surface area contributed by atoms with Gasteiger partial charge in [0, 0.05) is 6.04 Å². The molecule has 1 rings (SSSR count). The summed E-state index contributed by atoms with van der Waals surface area (Å²) >= 11 is 0. The Hall–Kier alpha value is -0.0400. The summed E-state index contributed by atoms with van der Waals surface area (Å²) in [6.45, 7) is 4.73. The number of nitrogens with one attached hydrogen (secondary N) is 1. The second-order valence-electron chi connectivity index (χ2n) is 6.48. The van der Waals surface area contributed by atoms with E-state index in [9.17, 15) is 0 Å². The Morgan fingerprint density at radius 2 is 1.61 bits per heavy atom. The van der Waals surface area contributed by atoms with Gasteiger partial charge in [0.1, 0.15) is 0 Å². The average molecular weight is 253 g/mol. The standard InChI is InChI=1S/C17H35N/c1-4-5-6-7-8-9-10-11-16-14-15(2)12-13-17(16)18-3/h15-18H,4-14H2,1-3H3. The molecule has 0 aromatic carbocycles. The smallest absolute Gasteiger partial charge is 0.00925 e. The van der Waals surface area contributed by atoms with Crippen LogP contribution < -0.4 is 5.32 Å². The molecule has 0 bridgehead atoms. The average Bonchev–Trinajstić information content (AvgIpc) is 2.38. The van der Waals surface area contributed by atoms with Crippen molar-refractivity contribution in [1.82, 2.24) is 5.32 Å². The molecule has 1 heteroatoms. The summed E-state index contributed by atoms with van der Waals surface area (Å²) in [5.74, 6) is 1.92. The molecular weight excluding hydrogens is 218 g/mol. The minimum atomic E-state index is 0.807. The molecule has 108 valence electrons. The van der Waals surface area contributed by atoms with Crippen LogP contribution in [0.2, 0.25) is 0 Å². The first-order chi connectivity index (χ1) is 8.77. The lowest BCUT2D eigenvalue weighted by Crippen LogP contribution is -2.38. The highest BCUT2D eigenvalue weighted by Crippen LogP contribution is 2.32. The van der Waals surface area contributed by atoms with Crippen LogP contribution in [0.4, 0.5) is 0 Å². The van der Waals surface area contributed by atoms with E-state index in [1.165, 1.54) is 70.6 Å². The number of unbranched alkanes of at least 4 members (excludes halogenated alkanes) is 6. The van der Waals surface area contributed by atoms with Crippen molar-refractivity contribution < 1.29 is 0 Å². The summed E-state index contributed by atoms with van der Waals surface area (Å²) in [7, 11) is 2.15. The molecule has 1 aliphatic carbocycles. The fourth-order valence-electron chi connectivity index (χ4n) is 3.56.